The number of carbonyl (C=O) groups excluding carboxylic acids is 1. The van der Waals surface area contributed by atoms with E-state index >= 15 is 0 Å². The summed E-state index contributed by atoms with van der Waals surface area (Å²) in [5.41, 5.74) is 5.48. The number of nitrogens with zero attached hydrogens (tertiary/aromatic N) is 1. The van der Waals surface area contributed by atoms with Gasteiger partial charge in [-0.05, 0) is 36.6 Å². The number of nitrogens with two attached hydrogens (primary N) is 1. The number of benzene rings is 1. The smallest absolute Gasteiger partial charge is 0.259 e. The first-order valence-electron chi connectivity index (χ1n) is 7.05. The number of hydrazine groups is 1. The number of nitrogens with one attached hydrogen (secondary N) is 2. The Morgan fingerprint density at radius 3 is 2.67 bits per heavy atom. The SMILES string of the molecule is CCCCc1ccc(NC(=O)c2cnccc2NN)cc1. The Hall–Kier alpha value is -2.40. The first-order chi connectivity index (χ1) is 10.2. The Morgan fingerprint density at radius 1 is 1.24 bits per heavy atom. The zero-order valence-electron chi connectivity index (χ0n) is 12.1. The third kappa shape index (κ3) is 4.03. The summed E-state index contributed by atoms with van der Waals surface area (Å²) in [7, 11) is 0. The standard InChI is InChI=1S/C16H20N4O/c1-2-3-4-12-5-7-13(8-6-12)19-16(21)14-11-18-10-9-15(14)20-17/h5-11H,2-4,17H2,1H3,(H,18,20)(H,19,21). The Kier molecular flexibility index (Phi) is 5.29. The number of pyridine rings is 1. The van der Waals surface area contributed by atoms with Crippen LogP contribution in [0.5, 0.6) is 0 Å². The fourth-order valence-electron chi connectivity index (χ4n) is 2.04. The third-order valence-electron chi connectivity index (χ3n) is 3.25. The molecule has 1 aromatic heterocycles. The van der Waals surface area contributed by atoms with Crippen molar-refractivity contribution in [1.82, 2.24) is 4.98 Å². The molecule has 1 heterocycles. The van der Waals surface area contributed by atoms with E-state index in [1.54, 1.807) is 12.3 Å². The van der Waals surface area contributed by atoms with Crippen molar-refractivity contribution in [2.45, 2.75) is 26.2 Å². The van der Waals surface area contributed by atoms with E-state index in [0.717, 1.165) is 12.1 Å². The van der Waals surface area contributed by atoms with Crippen LogP contribution in [0.3, 0.4) is 0 Å². The number of hydrogen-bond donors (Lipinski definition) is 3. The highest BCUT2D eigenvalue weighted by Gasteiger charge is 2.11. The molecule has 0 saturated heterocycles. The average Bonchev–Trinajstić information content (AvgIpc) is 2.54. The molecular formula is C16H20N4O. The van der Waals surface area contributed by atoms with Gasteiger partial charge in [-0.1, -0.05) is 25.5 Å². The highest BCUT2D eigenvalue weighted by molar-refractivity contribution is 6.07. The number of nitrogen functional groups attached to an aromatic ring is 1. The zero-order valence-corrected chi connectivity index (χ0v) is 12.1. The summed E-state index contributed by atoms with van der Waals surface area (Å²) in [5, 5.41) is 2.84. The molecule has 0 fully saturated rings. The summed E-state index contributed by atoms with van der Waals surface area (Å²) in [5.74, 6) is 5.15. The van der Waals surface area contributed by atoms with Gasteiger partial charge in [0.05, 0.1) is 11.3 Å². The summed E-state index contributed by atoms with van der Waals surface area (Å²) in [6.45, 7) is 2.17. The molecule has 21 heavy (non-hydrogen) atoms. The van der Waals surface area contributed by atoms with Crippen LogP contribution in [-0.4, -0.2) is 10.9 Å². The maximum Gasteiger partial charge on any atom is 0.259 e. The van der Waals surface area contributed by atoms with Gasteiger partial charge in [0.1, 0.15) is 0 Å². The van der Waals surface area contributed by atoms with Gasteiger partial charge in [-0.15, -0.1) is 0 Å². The van der Waals surface area contributed by atoms with Crippen LogP contribution in [0.4, 0.5) is 11.4 Å². The van der Waals surface area contributed by atoms with Gasteiger partial charge in [-0.2, -0.15) is 0 Å². The second-order valence-corrected chi connectivity index (χ2v) is 4.82. The fourth-order valence-corrected chi connectivity index (χ4v) is 2.04. The molecule has 0 aliphatic rings. The van der Waals surface area contributed by atoms with E-state index in [9.17, 15) is 4.79 Å². The number of amides is 1. The number of anilines is 2. The maximum atomic E-state index is 12.2. The number of aryl methyl sites for hydroxylation is 1. The lowest BCUT2D eigenvalue weighted by Gasteiger charge is -2.09. The Labute approximate surface area is 124 Å². The molecule has 2 rings (SSSR count). The van der Waals surface area contributed by atoms with Crippen LogP contribution in [0.2, 0.25) is 0 Å². The lowest BCUT2D eigenvalue weighted by molar-refractivity contribution is 0.102. The molecular weight excluding hydrogens is 264 g/mol. The van der Waals surface area contributed by atoms with Gasteiger partial charge in [0.25, 0.3) is 5.91 Å². The van der Waals surface area contributed by atoms with Crippen molar-refractivity contribution in [2.75, 3.05) is 10.7 Å². The topological polar surface area (TPSA) is 80.0 Å². The molecule has 0 radical (unpaired) electrons. The summed E-state index contributed by atoms with van der Waals surface area (Å²) >= 11 is 0. The number of unbranched alkanes of at least 4 members (excludes halogenated alkanes) is 1. The lowest BCUT2D eigenvalue weighted by atomic mass is 10.1. The molecule has 0 aliphatic heterocycles. The minimum atomic E-state index is -0.239. The first-order valence-corrected chi connectivity index (χ1v) is 7.05. The van der Waals surface area contributed by atoms with E-state index in [1.807, 2.05) is 24.3 Å². The highest BCUT2D eigenvalue weighted by Crippen LogP contribution is 2.16. The molecule has 1 amide bonds. The molecule has 5 heteroatoms. The molecule has 0 unspecified atom stereocenters. The van der Waals surface area contributed by atoms with Crippen molar-refractivity contribution < 1.29 is 4.79 Å². The third-order valence-corrected chi connectivity index (χ3v) is 3.25. The monoisotopic (exact) mass is 284 g/mol. The van der Waals surface area contributed by atoms with Crippen molar-refractivity contribution in [3.05, 3.63) is 53.9 Å². The molecule has 0 bridgehead atoms. The van der Waals surface area contributed by atoms with E-state index in [4.69, 9.17) is 5.84 Å². The van der Waals surface area contributed by atoms with Gasteiger partial charge in [-0.25, -0.2) is 0 Å². The van der Waals surface area contributed by atoms with Crippen molar-refractivity contribution in [3.63, 3.8) is 0 Å². The number of rotatable bonds is 6. The van der Waals surface area contributed by atoms with Crippen LogP contribution in [0.25, 0.3) is 0 Å². The van der Waals surface area contributed by atoms with Crippen LogP contribution in [0, 0.1) is 0 Å². The molecule has 0 atom stereocenters. The molecule has 0 saturated carbocycles. The van der Waals surface area contributed by atoms with Crippen LogP contribution in [0.15, 0.2) is 42.7 Å². The van der Waals surface area contributed by atoms with Gasteiger partial charge < -0.3 is 10.7 Å². The molecule has 0 spiro atoms. The average molecular weight is 284 g/mol. The molecule has 110 valence electrons. The Bertz CT molecular complexity index is 595. The summed E-state index contributed by atoms with van der Waals surface area (Å²) < 4.78 is 0. The summed E-state index contributed by atoms with van der Waals surface area (Å²) in [4.78, 5) is 16.2. The molecule has 5 nitrogen and oxygen atoms in total. The summed E-state index contributed by atoms with van der Waals surface area (Å²) in [6, 6.07) is 9.56. The van der Waals surface area contributed by atoms with Crippen molar-refractivity contribution in [1.29, 1.82) is 0 Å². The molecule has 2 aromatic rings. The van der Waals surface area contributed by atoms with Gasteiger partial charge in [0.15, 0.2) is 0 Å². The normalized spacial score (nSPS) is 10.2. The molecule has 4 N–H and O–H groups in total. The predicted molar refractivity (Wildman–Crippen MR) is 85.1 cm³/mol. The van der Waals surface area contributed by atoms with E-state index in [0.29, 0.717) is 11.3 Å². The van der Waals surface area contributed by atoms with Crippen molar-refractivity contribution in [3.8, 4) is 0 Å². The lowest BCUT2D eigenvalue weighted by Crippen LogP contribution is -2.17. The maximum absolute atomic E-state index is 12.2. The van der Waals surface area contributed by atoms with E-state index in [1.165, 1.54) is 24.6 Å². The second-order valence-electron chi connectivity index (χ2n) is 4.82. The predicted octanol–water partition coefficient (Wildman–Crippen LogP) is 2.96. The van der Waals surface area contributed by atoms with Gasteiger partial charge in [0, 0.05) is 18.1 Å². The van der Waals surface area contributed by atoms with E-state index < -0.39 is 0 Å². The second kappa shape index (κ2) is 7.40. The largest absolute Gasteiger partial charge is 0.323 e. The van der Waals surface area contributed by atoms with Crippen LogP contribution >= 0.6 is 0 Å². The number of carbonyl (C=O) groups is 1. The summed E-state index contributed by atoms with van der Waals surface area (Å²) in [6.07, 6.45) is 6.48. The van der Waals surface area contributed by atoms with Crippen LogP contribution < -0.4 is 16.6 Å². The van der Waals surface area contributed by atoms with Crippen molar-refractivity contribution >= 4 is 17.3 Å². The Balaban J connectivity index is 2.05. The number of hydrogen-bond acceptors (Lipinski definition) is 4. The Morgan fingerprint density at radius 2 is 2.00 bits per heavy atom. The van der Waals surface area contributed by atoms with Gasteiger partial charge >= 0.3 is 0 Å². The zero-order chi connectivity index (χ0) is 15.1. The first kappa shape index (κ1) is 15.0. The van der Waals surface area contributed by atoms with Gasteiger partial charge in [0.2, 0.25) is 0 Å². The number of aromatic nitrogens is 1. The highest BCUT2D eigenvalue weighted by atomic mass is 16.1. The minimum absolute atomic E-state index is 0.239. The van der Waals surface area contributed by atoms with Crippen LogP contribution in [-0.2, 0) is 6.42 Å². The van der Waals surface area contributed by atoms with Crippen molar-refractivity contribution in [2.24, 2.45) is 5.84 Å². The van der Waals surface area contributed by atoms with E-state index in [2.05, 4.69) is 22.7 Å². The molecule has 1 aromatic carbocycles. The van der Waals surface area contributed by atoms with E-state index in [-0.39, 0.29) is 5.91 Å². The molecule has 0 aliphatic carbocycles. The fraction of sp³-hybridized carbons (Fsp3) is 0.250. The quantitative estimate of drug-likeness (QED) is 0.563. The van der Waals surface area contributed by atoms with Gasteiger partial charge in [-0.3, -0.25) is 15.6 Å². The minimum Gasteiger partial charge on any atom is -0.323 e. The van der Waals surface area contributed by atoms with Crippen LogP contribution in [0.1, 0.15) is 35.7 Å².